The average Bonchev–Trinajstić information content (AvgIpc) is 2.65. The van der Waals surface area contributed by atoms with Gasteiger partial charge in [-0.15, -0.1) is 0 Å². The third-order valence-electron chi connectivity index (χ3n) is 4.31. The molecular formula is C21H17F3N2O2. The summed E-state index contributed by atoms with van der Waals surface area (Å²) < 4.78 is 40.6. The van der Waals surface area contributed by atoms with Crippen molar-refractivity contribution in [3.8, 4) is 0 Å². The molecule has 0 spiro atoms. The second-order valence-corrected chi connectivity index (χ2v) is 6.37. The number of hydrogen-bond donors (Lipinski definition) is 1. The van der Waals surface area contributed by atoms with Crippen LogP contribution in [0.5, 0.6) is 0 Å². The number of rotatable bonds is 5. The van der Waals surface area contributed by atoms with Gasteiger partial charge in [-0.25, -0.2) is 0 Å². The molecular weight excluding hydrogens is 369 g/mol. The van der Waals surface area contributed by atoms with E-state index in [1.54, 1.807) is 36.5 Å². The Morgan fingerprint density at radius 2 is 1.75 bits per heavy atom. The number of halogens is 3. The van der Waals surface area contributed by atoms with E-state index in [-0.39, 0.29) is 24.2 Å². The van der Waals surface area contributed by atoms with Crippen LogP contribution in [0, 0.1) is 0 Å². The number of carbonyl (C=O) groups is 2. The third kappa shape index (κ3) is 4.19. The minimum Gasteiger partial charge on any atom is -0.320 e. The topological polar surface area (TPSA) is 59.1 Å². The number of nitrogens with zero attached hydrogens (tertiary/aromatic N) is 1. The van der Waals surface area contributed by atoms with Crippen molar-refractivity contribution >= 4 is 28.3 Å². The summed E-state index contributed by atoms with van der Waals surface area (Å²) in [5.74, 6) is -1.05. The highest BCUT2D eigenvalue weighted by Gasteiger charge is 2.36. The number of aromatic nitrogens is 1. The van der Waals surface area contributed by atoms with Crippen molar-refractivity contribution in [2.45, 2.75) is 25.9 Å². The lowest BCUT2D eigenvalue weighted by Gasteiger charge is -2.17. The number of carbonyl (C=O) groups excluding carboxylic acids is 2. The number of para-hydroxylation sites is 1. The molecule has 1 aromatic heterocycles. The fourth-order valence-corrected chi connectivity index (χ4v) is 3.01. The first-order valence-electron chi connectivity index (χ1n) is 8.61. The lowest BCUT2D eigenvalue weighted by atomic mass is 9.95. The molecule has 0 atom stereocenters. The molecule has 4 nitrogen and oxygen atoms in total. The first-order valence-corrected chi connectivity index (χ1v) is 8.61. The molecule has 1 amide bonds. The quantitative estimate of drug-likeness (QED) is 0.669. The molecule has 0 aliphatic rings. The normalized spacial score (nSPS) is 11.4. The van der Waals surface area contributed by atoms with Crippen molar-refractivity contribution in [3.05, 3.63) is 71.4 Å². The second kappa shape index (κ2) is 7.80. The molecule has 1 heterocycles. The number of hydrogen-bond acceptors (Lipinski definition) is 3. The fourth-order valence-electron chi connectivity index (χ4n) is 3.01. The molecule has 7 heteroatoms. The van der Waals surface area contributed by atoms with E-state index >= 15 is 0 Å². The SMILES string of the molecule is CC(=O)CCc1cccc(C(F)(F)F)c1C(=O)Nc1cccc2cccnc12. The van der Waals surface area contributed by atoms with Crippen LogP contribution in [0.1, 0.15) is 34.8 Å². The van der Waals surface area contributed by atoms with Gasteiger partial charge in [-0.1, -0.05) is 30.3 Å². The highest BCUT2D eigenvalue weighted by molar-refractivity contribution is 6.10. The van der Waals surface area contributed by atoms with Crippen LogP contribution >= 0.6 is 0 Å². The van der Waals surface area contributed by atoms with Crippen molar-refractivity contribution in [1.82, 2.24) is 4.98 Å². The van der Waals surface area contributed by atoms with E-state index in [1.807, 2.05) is 0 Å². The van der Waals surface area contributed by atoms with Crippen molar-refractivity contribution in [2.75, 3.05) is 5.32 Å². The molecule has 0 radical (unpaired) electrons. The monoisotopic (exact) mass is 386 g/mol. The highest BCUT2D eigenvalue weighted by Crippen LogP contribution is 2.34. The van der Waals surface area contributed by atoms with E-state index < -0.39 is 23.2 Å². The molecule has 0 saturated heterocycles. The number of Topliss-reactive ketones (excluding diaryl/α,β-unsaturated/α-hetero) is 1. The minimum absolute atomic E-state index is 0.0514. The van der Waals surface area contributed by atoms with Gasteiger partial charge in [-0.05, 0) is 37.1 Å². The maximum absolute atomic E-state index is 13.5. The standard InChI is InChI=1S/C21H17F3N2O2/c1-13(27)10-11-14-5-2-8-16(21(22,23)24)18(14)20(28)26-17-9-3-6-15-7-4-12-25-19(15)17/h2-9,12H,10-11H2,1H3,(H,26,28). The molecule has 3 aromatic rings. The van der Waals surface area contributed by atoms with Gasteiger partial charge in [0.15, 0.2) is 0 Å². The van der Waals surface area contributed by atoms with Crippen LogP contribution in [-0.2, 0) is 17.4 Å². The molecule has 0 bridgehead atoms. The molecule has 0 saturated carbocycles. The number of benzene rings is 2. The maximum Gasteiger partial charge on any atom is 0.417 e. The zero-order valence-electron chi connectivity index (χ0n) is 15.0. The first kappa shape index (κ1) is 19.5. The van der Waals surface area contributed by atoms with E-state index in [4.69, 9.17) is 0 Å². The Morgan fingerprint density at radius 1 is 1.04 bits per heavy atom. The molecule has 0 unspecified atom stereocenters. The zero-order valence-corrected chi connectivity index (χ0v) is 15.0. The van der Waals surface area contributed by atoms with Gasteiger partial charge in [-0.3, -0.25) is 9.78 Å². The van der Waals surface area contributed by atoms with Crippen LogP contribution in [0.2, 0.25) is 0 Å². The third-order valence-corrected chi connectivity index (χ3v) is 4.31. The number of amides is 1. The number of pyridine rings is 1. The predicted molar refractivity (Wildman–Crippen MR) is 100 cm³/mol. The molecule has 3 rings (SSSR count). The van der Waals surface area contributed by atoms with E-state index in [0.29, 0.717) is 11.2 Å². The van der Waals surface area contributed by atoms with Gasteiger partial charge in [0.05, 0.1) is 22.3 Å². The Morgan fingerprint density at radius 3 is 2.46 bits per heavy atom. The summed E-state index contributed by atoms with van der Waals surface area (Å²) in [5, 5.41) is 3.31. The van der Waals surface area contributed by atoms with Crippen molar-refractivity contribution in [3.63, 3.8) is 0 Å². The van der Waals surface area contributed by atoms with E-state index in [1.165, 1.54) is 19.1 Å². The molecule has 0 aliphatic carbocycles. The highest BCUT2D eigenvalue weighted by atomic mass is 19.4. The van der Waals surface area contributed by atoms with Crippen LogP contribution in [0.3, 0.4) is 0 Å². The summed E-state index contributed by atoms with van der Waals surface area (Å²) in [4.78, 5) is 28.4. The Bertz CT molecular complexity index is 1040. The van der Waals surface area contributed by atoms with Crippen LogP contribution in [-0.4, -0.2) is 16.7 Å². The number of alkyl halides is 3. The number of ketones is 1. The van der Waals surface area contributed by atoms with Crippen LogP contribution in [0.15, 0.2) is 54.7 Å². The first-order chi connectivity index (χ1) is 13.3. The van der Waals surface area contributed by atoms with Gasteiger partial charge in [0.1, 0.15) is 5.78 Å². The number of fused-ring (bicyclic) bond motifs is 1. The maximum atomic E-state index is 13.5. The van der Waals surface area contributed by atoms with Crippen LogP contribution < -0.4 is 5.32 Å². The van der Waals surface area contributed by atoms with Crippen molar-refractivity contribution < 1.29 is 22.8 Å². The Labute approximate surface area is 159 Å². The second-order valence-electron chi connectivity index (χ2n) is 6.37. The molecule has 1 N–H and O–H groups in total. The smallest absolute Gasteiger partial charge is 0.320 e. The molecule has 144 valence electrons. The Kier molecular flexibility index (Phi) is 5.44. The van der Waals surface area contributed by atoms with E-state index in [9.17, 15) is 22.8 Å². The zero-order chi connectivity index (χ0) is 20.3. The number of nitrogens with one attached hydrogen (secondary N) is 1. The Hall–Kier alpha value is -3.22. The number of anilines is 1. The molecule has 2 aromatic carbocycles. The summed E-state index contributed by atoms with van der Waals surface area (Å²) >= 11 is 0. The van der Waals surface area contributed by atoms with Crippen molar-refractivity contribution in [1.29, 1.82) is 0 Å². The van der Waals surface area contributed by atoms with Gasteiger partial charge >= 0.3 is 6.18 Å². The van der Waals surface area contributed by atoms with Gasteiger partial charge < -0.3 is 10.1 Å². The van der Waals surface area contributed by atoms with E-state index in [0.717, 1.165) is 11.5 Å². The fraction of sp³-hybridized carbons (Fsp3) is 0.190. The lowest BCUT2D eigenvalue weighted by molar-refractivity contribution is -0.138. The summed E-state index contributed by atoms with van der Waals surface area (Å²) in [6, 6.07) is 12.1. The summed E-state index contributed by atoms with van der Waals surface area (Å²) in [6.45, 7) is 1.36. The van der Waals surface area contributed by atoms with E-state index in [2.05, 4.69) is 10.3 Å². The van der Waals surface area contributed by atoms with Gasteiger partial charge in [0.25, 0.3) is 5.91 Å². The van der Waals surface area contributed by atoms with Crippen molar-refractivity contribution in [2.24, 2.45) is 0 Å². The Balaban J connectivity index is 2.05. The predicted octanol–water partition coefficient (Wildman–Crippen LogP) is 5.03. The van der Waals surface area contributed by atoms with Gasteiger partial charge in [0.2, 0.25) is 0 Å². The molecule has 0 aliphatic heterocycles. The summed E-state index contributed by atoms with van der Waals surface area (Å²) in [6.07, 6.45) is -3.05. The number of aryl methyl sites for hydroxylation is 1. The minimum atomic E-state index is -4.70. The average molecular weight is 386 g/mol. The summed E-state index contributed by atoms with van der Waals surface area (Å²) in [5.41, 5.74) is -0.523. The van der Waals surface area contributed by atoms with Gasteiger partial charge in [-0.2, -0.15) is 13.2 Å². The van der Waals surface area contributed by atoms with Crippen LogP contribution in [0.4, 0.5) is 18.9 Å². The molecule has 28 heavy (non-hydrogen) atoms. The lowest BCUT2D eigenvalue weighted by Crippen LogP contribution is -2.21. The summed E-state index contributed by atoms with van der Waals surface area (Å²) in [7, 11) is 0. The largest absolute Gasteiger partial charge is 0.417 e. The molecule has 0 fully saturated rings. The van der Waals surface area contributed by atoms with Crippen LogP contribution in [0.25, 0.3) is 10.9 Å². The van der Waals surface area contributed by atoms with Gasteiger partial charge in [0, 0.05) is 18.0 Å².